The highest BCUT2D eigenvalue weighted by atomic mass is 32.2. The van der Waals surface area contributed by atoms with Crippen LogP contribution in [0.25, 0.3) is 0 Å². The molecule has 18 heavy (non-hydrogen) atoms. The SMILES string of the molecule is CC(CC(=O)O)NC(=O)CSc1ccccc1F. The summed E-state index contributed by atoms with van der Waals surface area (Å²) in [4.78, 5) is 22.3. The normalized spacial score (nSPS) is 11.9. The summed E-state index contributed by atoms with van der Waals surface area (Å²) >= 11 is 1.08. The fraction of sp³-hybridized carbons (Fsp3) is 0.333. The van der Waals surface area contributed by atoms with Gasteiger partial charge in [-0.3, -0.25) is 9.59 Å². The molecule has 0 fully saturated rings. The highest BCUT2D eigenvalue weighted by Gasteiger charge is 2.11. The zero-order chi connectivity index (χ0) is 13.5. The summed E-state index contributed by atoms with van der Waals surface area (Å²) in [7, 11) is 0. The lowest BCUT2D eigenvalue weighted by Crippen LogP contribution is -2.35. The van der Waals surface area contributed by atoms with Crippen molar-refractivity contribution in [3.8, 4) is 0 Å². The molecule has 1 rings (SSSR count). The van der Waals surface area contributed by atoms with Gasteiger partial charge in [-0.1, -0.05) is 12.1 Å². The molecule has 1 unspecified atom stereocenters. The molecule has 1 atom stereocenters. The molecule has 0 aromatic heterocycles. The third-order valence-electron chi connectivity index (χ3n) is 2.08. The molecule has 0 saturated heterocycles. The first-order valence-corrected chi connectivity index (χ1v) is 6.36. The molecular weight excluding hydrogens is 257 g/mol. The Balaban J connectivity index is 2.38. The number of rotatable bonds is 6. The number of hydrogen-bond acceptors (Lipinski definition) is 3. The number of hydrogen-bond donors (Lipinski definition) is 2. The van der Waals surface area contributed by atoms with E-state index in [0.29, 0.717) is 4.90 Å². The van der Waals surface area contributed by atoms with Crippen molar-refractivity contribution in [2.45, 2.75) is 24.3 Å². The first-order chi connectivity index (χ1) is 8.49. The highest BCUT2D eigenvalue weighted by Crippen LogP contribution is 2.20. The van der Waals surface area contributed by atoms with Crippen LogP contribution in [-0.2, 0) is 9.59 Å². The molecule has 2 N–H and O–H groups in total. The maximum absolute atomic E-state index is 13.2. The first kappa shape index (κ1) is 14.5. The molecule has 0 spiro atoms. The van der Waals surface area contributed by atoms with Crippen LogP contribution in [0, 0.1) is 5.82 Å². The Hall–Kier alpha value is -1.56. The second-order valence-electron chi connectivity index (χ2n) is 3.79. The molecule has 6 heteroatoms. The van der Waals surface area contributed by atoms with Crippen LogP contribution in [0.4, 0.5) is 4.39 Å². The summed E-state index contributed by atoms with van der Waals surface area (Å²) in [6, 6.07) is 5.75. The number of nitrogens with one attached hydrogen (secondary N) is 1. The second-order valence-corrected chi connectivity index (χ2v) is 4.80. The van der Waals surface area contributed by atoms with Crippen molar-refractivity contribution in [1.82, 2.24) is 5.32 Å². The Morgan fingerprint density at radius 2 is 2.11 bits per heavy atom. The molecular formula is C12H14FNO3S. The quantitative estimate of drug-likeness (QED) is 0.775. The Morgan fingerprint density at radius 1 is 1.44 bits per heavy atom. The van der Waals surface area contributed by atoms with E-state index in [0.717, 1.165) is 11.8 Å². The van der Waals surface area contributed by atoms with Gasteiger partial charge in [0.05, 0.1) is 12.2 Å². The lowest BCUT2D eigenvalue weighted by Gasteiger charge is -2.11. The molecule has 0 aliphatic rings. The predicted octanol–water partition coefficient (Wildman–Crippen LogP) is 1.90. The molecule has 1 aromatic carbocycles. The van der Waals surface area contributed by atoms with Crippen LogP contribution >= 0.6 is 11.8 Å². The Labute approximate surface area is 109 Å². The monoisotopic (exact) mass is 271 g/mol. The molecule has 0 saturated carbocycles. The van der Waals surface area contributed by atoms with E-state index >= 15 is 0 Å². The lowest BCUT2D eigenvalue weighted by atomic mass is 10.2. The van der Waals surface area contributed by atoms with Crippen LogP contribution in [-0.4, -0.2) is 28.8 Å². The van der Waals surface area contributed by atoms with E-state index in [1.807, 2.05) is 0 Å². The van der Waals surface area contributed by atoms with Gasteiger partial charge >= 0.3 is 5.97 Å². The molecule has 4 nitrogen and oxygen atoms in total. The maximum Gasteiger partial charge on any atom is 0.305 e. The standard InChI is InChI=1S/C12H14FNO3S/c1-8(6-12(16)17)14-11(15)7-18-10-5-3-2-4-9(10)13/h2-5,8H,6-7H2,1H3,(H,14,15)(H,16,17). The van der Waals surface area contributed by atoms with Crippen molar-refractivity contribution in [1.29, 1.82) is 0 Å². The van der Waals surface area contributed by atoms with Gasteiger partial charge in [0.25, 0.3) is 0 Å². The van der Waals surface area contributed by atoms with Gasteiger partial charge in [0.15, 0.2) is 0 Å². The Bertz CT molecular complexity index is 439. The van der Waals surface area contributed by atoms with Crippen LogP contribution in [0.15, 0.2) is 29.2 Å². The molecule has 0 aliphatic carbocycles. The summed E-state index contributed by atoms with van der Waals surface area (Å²) in [5.74, 6) is -1.58. The second kappa shape index (κ2) is 7.00. The first-order valence-electron chi connectivity index (χ1n) is 5.37. The fourth-order valence-corrected chi connectivity index (χ4v) is 2.09. The van der Waals surface area contributed by atoms with Crippen molar-refractivity contribution in [2.75, 3.05) is 5.75 Å². The van der Waals surface area contributed by atoms with Crippen LogP contribution in [0.5, 0.6) is 0 Å². The van der Waals surface area contributed by atoms with E-state index in [1.54, 1.807) is 25.1 Å². The topological polar surface area (TPSA) is 66.4 Å². The maximum atomic E-state index is 13.2. The number of carboxylic acids is 1. The molecule has 1 amide bonds. The number of halogens is 1. The minimum Gasteiger partial charge on any atom is -0.481 e. The van der Waals surface area contributed by atoms with E-state index < -0.39 is 12.0 Å². The van der Waals surface area contributed by atoms with Crippen LogP contribution in [0.3, 0.4) is 0 Å². The summed E-state index contributed by atoms with van der Waals surface area (Å²) < 4.78 is 13.2. The predicted molar refractivity (Wildman–Crippen MR) is 67.0 cm³/mol. The molecule has 98 valence electrons. The smallest absolute Gasteiger partial charge is 0.305 e. The lowest BCUT2D eigenvalue weighted by molar-refractivity contribution is -0.137. The zero-order valence-corrected chi connectivity index (χ0v) is 10.7. The van der Waals surface area contributed by atoms with Crippen molar-refractivity contribution < 1.29 is 19.1 Å². The van der Waals surface area contributed by atoms with E-state index in [-0.39, 0.29) is 23.9 Å². The summed E-state index contributed by atoms with van der Waals surface area (Å²) in [5.41, 5.74) is 0. The van der Waals surface area contributed by atoms with Gasteiger partial charge in [-0.15, -0.1) is 11.8 Å². The summed E-state index contributed by atoms with van der Waals surface area (Å²) in [6.07, 6.45) is -0.129. The molecule has 0 radical (unpaired) electrons. The zero-order valence-electron chi connectivity index (χ0n) is 9.85. The van der Waals surface area contributed by atoms with Gasteiger partial charge < -0.3 is 10.4 Å². The van der Waals surface area contributed by atoms with Crippen molar-refractivity contribution >= 4 is 23.6 Å². The highest BCUT2D eigenvalue weighted by molar-refractivity contribution is 8.00. The third-order valence-corrected chi connectivity index (χ3v) is 3.13. The van der Waals surface area contributed by atoms with Gasteiger partial charge in [0, 0.05) is 10.9 Å². The van der Waals surface area contributed by atoms with Gasteiger partial charge in [-0.2, -0.15) is 0 Å². The van der Waals surface area contributed by atoms with Crippen molar-refractivity contribution in [2.24, 2.45) is 0 Å². The van der Waals surface area contributed by atoms with E-state index in [9.17, 15) is 14.0 Å². The largest absolute Gasteiger partial charge is 0.481 e. The Morgan fingerprint density at radius 3 is 2.72 bits per heavy atom. The van der Waals surface area contributed by atoms with E-state index in [1.165, 1.54) is 6.07 Å². The number of carbonyl (C=O) groups is 2. The van der Waals surface area contributed by atoms with E-state index in [2.05, 4.69) is 5.32 Å². The van der Waals surface area contributed by atoms with Crippen molar-refractivity contribution in [3.63, 3.8) is 0 Å². The van der Waals surface area contributed by atoms with Gasteiger partial charge in [-0.25, -0.2) is 4.39 Å². The summed E-state index contributed by atoms with van der Waals surface area (Å²) in [5, 5.41) is 11.1. The number of thioether (sulfide) groups is 1. The average Bonchev–Trinajstić information content (AvgIpc) is 2.26. The molecule has 0 heterocycles. The number of carboxylic acid groups (broad SMARTS) is 1. The number of carbonyl (C=O) groups excluding carboxylic acids is 1. The minimum absolute atomic E-state index is 0.0604. The van der Waals surface area contributed by atoms with E-state index in [4.69, 9.17) is 5.11 Å². The molecule has 1 aromatic rings. The average molecular weight is 271 g/mol. The van der Waals surface area contributed by atoms with Gasteiger partial charge in [0.2, 0.25) is 5.91 Å². The van der Waals surface area contributed by atoms with Gasteiger partial charge in [0.1, 0.15) is 5.82 Å². The van der Waals surface area contributed by atoms with Crippen LogP contribution in [0.2, 0.25) is 0 Å². The fourth-order valence-electron chi connectivity index (χ4n) is 1.33. The molecule has 0 aliphatic heterocycles. The number of amides is 1. The number of aliphatic carboxylic acids is 1. The summed E-state index contributed by atoms with van der Waals surface area (Å²) in [6.45, 7) is 1.61. The molecule has 0 bridgehead atoms. The van der Waals surface area contributed by atoms with Crippen LogP contribution in [0.1, 0.15) is 13.3 Å². The minimum atomic E-state index is -0.968. The van der Waals surface area contributed by atoms with Gasteiger partial charge in [-0.05, 0) is 19.1 Å². The van der Waals surface area contributed by atoms with Crippen molar-refractivity contribution in [3.05, 3.63) is 30.1 Å². The third kappa shape index (κ3) is 5.18. The number of benzene rings is 1. The van der Waals surface area contributed by atoms with Crippen LogP contribution < -0.4 is 5.32 Å². The Kier molecular flexibility index (Phi) is 5.64.